The molecule has 0 saturated heterocycles. The van der Waals surface area contributed by atoms with Gasteiger partial charge in [0.05, 0.1) is 23.1 Å². The van der Waals surface area contributed by atoms with Crippen LogP contribution in [0, 0.1) is 5.41 Å². The molecule has 1 heterocycles. The summed E-state index contributed by atoms with van der Waals surface area (Å²) in [5.41, 5.74) is 3.09. The molecule has 1 amide bonds. The lowest BCUT2D eigenvalue weighted by atomic mass is 9.98. The van der Waals surface area contributed by atoms with Gasteiger partial charge in [-0.2, -0.15) is 0 Å². The molecular formula is C24H27N5O4. The highest BCUT2D eigenvalue weighted by Gasteiger charge is 2.18. The van der Waals surface area contributed by atoms with E-state index in [1.165, 1.54) is 6.42 Å². The fourth-order valence-corrected chi connectivity index (χ4v) is 4.01. The molecule has 4 N–H and O–H groups in total. The normalized spacial score (nSPS) is 14.1. The van der Waals surface area contributed by atoms with Crippen LogP contribution < -0.4 is 10.6 Å². The molecule has 1 aromatic heterocycles. The largest absolute Gasteiger partial charge is 0.478 e. The predicted octanol–water partition coefficient (Wildman–Crippen LogP) is 4.27. The summed E-state index contributed by atoms with van der Waals surface area (Å²) in [6, 6.07) is 12.0. The topological polar surface area (TPSA) is 129 Å². The van der Waals surface area contributed by atoms with Gasteiger partial charge in [-0.3, -0.25) is 10.7 Å². The number of fused-ring (bicyclic) bond motifs is 1. The first-order valence-corrected chi connectivity index (χ1v) is 11.0. The minimum absolute atomic E-state index is 0.00746. The summed E-state index contributed by atoms with van der Waals surface area (Å²) in [6.07, 6.45) is 4.45. The van der Waals surface area contributed by atoms with Crippen molar-refractivity contribution in [1.82, 2.24) is 14.9 Å². The Morgan fingerprint density at radius 1 is 1.12 bits per heavy atom. The van der Waals surface area contributed by atoms with E-state index in [-0.39, 0.29) is 17.5 Å². The molecule has 0 aliphatic heterocycles. The number of nitrogens with one attached hydrogen (secondary N) is 3. The van der Waals surface area contributed by atoms with Crippen molar-refractivity contribution in [3.63, 3.8) is 0 Å². The number of benzene rings is 2. The Morgan fingerprint density at radius 2 is 1.82 bits per heavy atom. The van der Waals surface area contributed by atoms with Crippen molar-refractivity contribution in [2.45, 2.75) is 44.8 Å². The van der Waals surface area contributed by atoms with Gasteiger partial charge < -0.3 is 19.7 Å². The van der Waals surface area contributed by atoms with Crippen molar-refractivity contribution in [2.75, 3.05) is 5.32 Å². The molecule has 0 atom stereocenters. The zero-order valence-corrected chi connectivity index (χ0v) is 18.4. The van der Waals surface area contributed by atoms with Crippen LogP contribution in [0.25, 0.3) is 11.0 Å². The van der Waals surface area contributed by atoms with E-state index >= 15 is 0 Å². The molecule has 1 aliphatic rings. The number of amidine groups is 1. The maximum absolute atomic E-state index is 12.1. The number of aromatic carboxylic acids is 1. The third kappa shape index (κ3) is 5.31. The summed E-state index contributed by atoms with van der Waals surface area (Å²) in [5, 5.41) is 23.1. The number of ether oxygens (including phenoxy) is 1. The molecule has 4 rings (SSSR count). The van der Waals surface area contributed by atoms with Gasteiger partial charge in [0.2, 0.25) is 0 Å². The molecule has 2 aromatic carbocycles. The van der Waals surface area contributed by atoms with E-state index in [2.05, 4.69) is 15.6 Å². The molecule has 0 spiro atoms. The first kappa shape index (κ1) is 22.3. The van der Waals surface area contributed by atoms with Crippen LogP contribution in [0.2, 0.25) is 0 Å². The van der Waals surface area contributed by atoms with Crippen LogP contribution in [0.15, 0.2) is 42.5 Å². The van der Waals surface area contributed by atoms with Gasteiger partial charge in [0.15, 0.2) is 0 Å². The maximum atomic E-state index is 12.1. The smallest absolute Gasteiger partial charge is 0.413 e. The van der Waals surface area contributed by atoms with Crippen molar-refractivity contribution < 1.29 is 19.4 Å². The zero-order valence-electron chi connectivity index (χ0n) is 18.4. The van der Waals surface area contributed by atoms with Crippen molar-refractivity contribution in [1.29, 1.82) is 5.41 Å². The van der Waals surface area contributed by atoms with Crippen LogP contribution in [-0.4, -0.2) is 38.7 Å². The number of carbonyl (C=O) groups excluding carboxylic acids is 1. The van der Waals surface area contributed by atoms with Crippen LogP contribution in [-0.2, 0) is 18.3 Å². The Kier molecular flexibility index (Phi) is 6.58. The number of alkyl carbamates (subject to hydrolysis) is 1. The molecule has 1 aliphatic carbocycles. The summed E-state index contributed by atoms with van der Waals surface area (Å²) in [6.45, 7) is 0.441. The molecule has 0 bridgehead atoms. The Hall–Kier alpha value is -3.88. The summed E-state index contributed by atoms with van der Waals surface area (Å²) in [5.74, 6) is -0.229. The van der Waals surface area contributed by atoms with Crippen LogP contribution in [0.4, 0.5) is 10.5 Å². The molecule has 33 heavy (non-hydrogen) atoms. The summed E-state index contributed by atoms with van der Waals surface area (Å²) in [4.78, 5) is 27.8. The summed E-state index contributed by atoms with van der Waals surface area (Å²) >= 11 is 0. The van der Waals surface area contributed by atoms with Gasteiger partial charge in [0, 0.05) is 18.3 Å². The highest BCUT2D eigenvalue weighted by molar-refractivity contribution is 6.04. The quantitative estimate of drug-likeness (QED) is 0.329. The van der Waals surface area contributed by atoms with Gasteiger partial charge in [-0.05, 0) is 68.1 Å². The number of aromatic nitrogens is 2. The third-order valence-electron chi connectivity index (χ3n) is 5.90. The third-order valence-corrected chi connectivity index (χ3v) is 5.90. The van der Waals surface area contributed by atoms with Crippen molar-refractivity contribution >= 4 is 34.6 Å². The van der Waals surface area contributed by atoms with E-state index in [9.17, 15) is 9.59 Å². The molecule has 0 radical (unpaired) electrons. The van der Waals surface area contributed by atoms with E-state index in [1.54, 1.807) is 30.3 Å². The first-order chi connectivity index (χ1) is 15.9. The maximum Gasteiger partial charge on any atom is 0.413 e. The van der Waals surface area contributed by atoms with Crippen LogP contribution in [0.1, 0.15) is 53.8 Å². The number of nitrogens with zero attached hydrogens (tertiary/aromatic N) is 2. The number of imidazole rings is 1. The van der Waals surface area contributed by atoms with Crippen molar-refractivity contribution in [3.05, 3.63) is 59.4 Å². The second kappa shape index (κ2) is 9.72. The molecule has 1 fully saturated rings. The monoisotopic (exact) mass is 449 g/mol. The standard InChI is InChI=1S/C24H27N5O4/c1-29-20-12-9-16(23(30)31)13-19(20)27-21(29)14-26-17-10-7-15(8-11-17)22(25)28-24(32)33-18-5-3-2-4-6-18/h7-13,18,26H,2-6,14H2,1H3,(H,30,31)(H2,25,28,32). The Labute approximate surface area is 191 Å². The number of carboxylic acids is 1. The number of hydrogen-bond donors (Lipinski definition) is 4. The van der Waals surface area contributed by atoms with Crippen LogP contribution >= 0.6 is 0 Å². The van der Waals surface area contributed by atoms with E-state index in [0.29, 0.717) is 17.6 Å². The molecule has 9 nitrogen and oxygen atoms in total. The van der Waals surface area contributed by atoms with Gasteiger partial charge in [-0.15, -0.1) is 0 Å². The van der Waals surface area contributed by atoms with Crippen LogP contribution in [0.3, 0.4) is 0 Å². The number of carboxylic acid groups (broad SMARTS) is 1. The summed E-state index contributed by atoms with van der Waals surface area (Å²) in [7, 11) is 1.88. The number of rotatable bonds is 6. The first-order valence-electron chi connectivity index (χ1n) is 11.0. The average molecular weight is 450 g/mol. The molecule has 0 unspecified atom stereocenters. The number of anilines is 1. The van der Waals surface area contributed by atoms with Gasteiger partial charge >= 0.3 is 12.1 Å². The molecule has 3 aromatic rings. The molecule has 1 saturated carbocycles. The van der Waals surface area contributed by atoms with Gasteiger partial charge in [-0.1, -0.05) is 6.42 Å². The Bertz CT molecular complexity index is 1180. The lowest BCUT2D eigenvalue weighted by molar-refractivity contribution is 0.0696. The fourth-order valence-electron chi connectivity index (χ4n) is 4.01. The van der Waals surface area contributed by atoms with Crippen molar-refractivity contribution in [3.8, 4) is 0 Å². The minimum atomic E-state index is -0.982. The SMILES string of the molecule is Cn1c(CNc2ccc(C(=N)NC(=O)OC3CCCCC3)cc2)nc2cc(C(=O)O)ccc21. The fraction of sp³-hybridized carbons (Fsp3) is 0.333. The number of carbonyl (C=O) groups is 2. The lowest BCUT2D eigenvalue weighted by Gasteiger charge is -2.21. The number of aryl methyl sites for hydroxylation is 1. The van der Waals surface area contributed by atoms with Gasteiger partial charge in [0.1, 0.15) is 17.8 Å². The number of hydrogen-bond acceptors (Lipinski definition) is 6. The summed E-state index contributed by atoms with van der Waals surface area (Å²) < 4.78 is 7.32. The average Bonchev–Trinajstić information content (AvgIpc) is 3.13. The molecule has 172 valence electrons. The highest BCUT2D eigenvalue weighted by Crippen LogP contribution is 2.21. The highest BCUT2D eigenvalue weighted by atomic mass is 16.6. The molecule has 9 heteroatoms. The van der Waals surface area contributed by atoms with Crippen LogP contribution in [0.5, 0.6) is 0 Å². The second-order valence-corrected chi connectivity index (χ2v) is 8.19. The zero-order chi connectivity index (χ0) is 23.4. The Morgan fingerprint density at radius 3 is 2.52 bits per heavy atom. The van der Waals surface area contributed by atoms with Crippen molar-refractivity contribution in [2.24, 2.45) is 7.05 Å². The number of amides is 1. The second-order valence-electron chi connectivity index (χ2n) is 8.19. The lowest BCUT2D eigenvalue weighted by Crippen LogP contribution is -2.34. The predicted molar refractivity (Wildman–Crippen MR) is 125 cm³/mol. The van der Waals surface area contributed by atoms with E-state index < -0.39 is 12.1 Å². The Balaban J connectivity index is 1.33. The van der Waals surface area contributed by atoms with E-state index in [0.717, 1.165) is 42.7 Å². The minimum Gasteiger partial charge on any atom is -0.478 e. The van der Waals surface area contributed by atoms with E-state index in [4.69, 9.17) is 15.3 Å². The van der Waals surface area contributed by atoms with Gasteiger partial charge in [-0.25, -0.2) is 14.6 Å². The van der Waals surface area contributed by atoms with E-state index in [1.807, 2.05) is 23.7 Å². The molecular weight excluding hydrogens is 422 g/mol. The van der Waals surface area contributed by atoms with Gasteiger partial charge in [0.25, 0.3) is 0 Å².